The number of carbonyl (C=O) groups excluding carboxylic acids is 1. The van der Waals surface area contributed by atoms with Crippen molar-refractivity contribution in [1.82, 2.24) is 0 Å². The van der Waals surface area contributed by atoms with Crippen molar-refractivity contribution in [2.24, 2.45) is 5.92 Å². The number of hydrogen-bond donors (Lipinski definition) is 0. The van der Waals surface area contributed by atoms with Crippen LogP contribution in [0.2, 0.25) is 0 Å². The second-order valence-corrected chi connectivity index (χ2v) is 4.97. The Balaban J connectivity index is 2.31. The van der Waals surface area contributed by atoms with E-state index in [4.69, 9.17) is 4.74 Å². The highest BCUT2D eigenvalue weighted by molar-refractivity contribution is 5.88. The van der Waals surface area contributed by atoms with Gasteiger partial charge in [0.25, 0.3) is 0 Å². The van der Waals surface area contributed by atoms with Gasteiger partial charge in [0.2, 0.25) is 0 Å². The summed E-state index contributed by atoms with van der Waals surface area (Å²) in [4.78, 5) is 11.8. The van der Waals surface area contributed by atoms with E-state index in [1.165, 1.54) is 6.42 Å². The normalized spacial score (nSPS) is 40.2. The van der Waals surface area contributed by atoms with Crippen LogP contribution in [-0.2, 0) is 9.53 Å². The molecule has 0 radical (unpaired) electrons. The Labute approximate surface area is 86.0 Å². The Morgan fingerprint density at radius 2 is 2.07 bits per heavy atom. The first-order chi connectivity index (χ1) is 6.56. The predicted octanol–water partition coefficient (Wildman–Crippen LogP) is 2.70. The highest BCUT2D eigenvalue weighted by atomic mass is 16.5. The summed E-state index contributed by atoms with van der Waals surface area (Å²) < 4.78 is 6.12. The second-order valence-electron chi connectivity index (χ2n) is 4.97. The second kappa shape index (κ2) is 3.06. The third-order valence-corrected chi connectivity index (χ3v) is 4.36. The average molecular weight is 196 g/mol. The molecule has 0 aromatic heterocycles. The molecule has 2 bridgehead atoms. The molecule has 2 aliphatic heterocycles. The van der Waals surface area contributed by atoms with Crippen LogP contribution in [0.1, 0.15) is 52.9 Å². The van der Waals surface area contributed by atoms with Gasteiger partial charge in [-0.3, -0.25) is 4.79 Å². The molecule has 2 nitrogen and oxygen atoms in total. The van der Waals surface area contributed by atoms with E-state index in [-0.39, 0.29) is 5.60 Å². The Kier molecular flexibility index (Phi) is 2.22. The number of rotatable bonds is 2. The van der Waals surface area contributed by atoms with Crippen molar-refractivity contribution in [3.8, 4) is 0 Å². The van der Waals surface area contributed by atoms with Crippen molar-refractivity contribution in [2.45, 2.75) is 64.1 Å². The lowest BCUT2D eigenvalue weighted by Gasteiger charge is -2.55. The minimum Gasteiger partial charge on any atom is -0.361 e. The van der Waals surface area contributed by atoms with E-state index < -0.39 is 5.60 Å². The first-order valence-electron chi connectivity index (χ1n) is 5.80. The minimum absolute atomic E-state index is 0.000903. The molecule has 0 spiro atoms. The van der Waals surface area contributed by atoms with Gasteiger partial charge in [-0.05, 0) is 38.5 Å². The number of ketones is 1. The lowest BCUT2D eigenvalue weighted by molar-refractivity contribution is -0.235. The first-order valence-corrected chi connectivity index (χ1v) is 5.80. The SMILES string of the molecule is CCC1(CC)OC2(C)CCC1CC2=O. The maximum Gasteiger partial charge on any atom is 0.164 e. The third kappa shape index (κ3) is 1.16. The molecule has 80 valence electrons. The maximum atomic E-state index is 11.8. The van der Waals surface area contributed by atoms with E-state index >= 15 is 0 Å². The lowest BCUT2D eigenvalue weighted by atomic mass is 9.65. The van der Waals surface area contributed by atoms with Gasteiger partial charge >= 0.3 is 0 Å². The van der Waals surface area contributed by atoms with Gasteiger partial charge in [0.05, 0.1) is 5.60 Å². The Morgan fingerprint density at radius 1 is 1.43 bits per heavy atom. The summed E-state index contributed by atoms with van der Waals surface area (Å²) in [6, 6.07) is 0. The van der Waals surface area contributed by atoms with E-state index in [1.807, 2.05) is 6.92 Å². The van der Waals surface area contributed by atoms with E-state index in [2.05, 4.69) is 13.8 Å². The van der Waals surface area contributed by atoms with Gasteiger partial charge < -0.3 is 4.74 Å². The van der Waals surface area contributed by atoms with E-state index in [9.17, 15) is 4.79 Å². The zero-order valence-electron chi connectivity index (χ0n) is 9.43. The molecule has 2 saturated heterocycles. The third-order valence-electron chi connectivity index (χ3n) is 4.36. The van der Waals surface area contributed by atoms with Crippen LogP contribution < -0.4 is 0 Å². The van der Waals surface area contributed by atoms with Crippen molar-refractivity contribution in [3.63, 3.8) is 0 Å². The summed E-state index contributed by atoms with van der Waals surface area (Å²) >= 11 is 0. The standard InChI is InChI=1S/C12H20O2/c1-4-12(5-2)9-6-7-11(3,14-12)10(13)8-9/h9H,4-8H2,1-3H3. The average Bonchev–Trinajstić information content (AvgIpc) is 2.19. The number of carbonyl (C=O) groups is 1. The Morgan fingerprint density at radius 3 is 2.50 bits per heavy atom. The fourth-order valence-electron chi connectivity index (χ4n) is 3.19. The van der Waals surface area contributed by atoms with Crippen molar-refractivity contribution in [2.75, 3.05) is 0 Å². The molecule has 3 aliphatic rings. The number of Topliss-reactive ketones (excluding diaryl/α,β-unsaturated/α-hetero) is 1. The van der Waals surface area contributed by atoms with Gasteiger partial charge in [0.1, 0.15) is 5.60 Å². The molecule has 2 heteroatoms. The van der Waals surface area contributed by atoms with Crippen LogP contribution in [0.15, 0.2) is 0 Å². The van der Waals surface area contributed by atoms with E-state index in [0.717, 1.165) is 25.7 Å². The summed E-state index contributed by atoms with van der Waals surface area (Å²) in [6.45, 7) is 6.33. The molecule has 2 heterocycles. The minimum atomic E-state index is -0.458. The van der Waals surface area contributed by atoms with Gasteiger partial charge in [-0.1, -0.05) is 13.8 Å². The maximum absolute atomic E-state index is 11.8. The molecule has 3 fully saturated rings. The van der Waals surface area contributed by atoms with Crippen LogP contribution in [0.25, 0.3) is 0 Å². The summed E-state index contributed by atoms with van der Waals surface area (Å²) in [6.07, 6.45) is 4.93. The zero-order valence-corrected chi connectivity index (χ0v) is 9.43. The molecular weight excluding hydrogens is 176 g/mol. The molecular formula is C12H20O2. The largest absolute Gasteiger partial charge is 0.361 e. The summed E-state index contributed by atoms with van der Waals surface area (Å²) in [7, 11) is 0. The smallest absolute Gasteiger partial charge is 0.164 e. The zero-order chi connectivity index (χ0) is 10.4. The molecule has 3 rings (SSSR count). The van der Waals surface area contributed by atoms with Gasteiger partial charge in [0.15, 0.2) is 5.78 Å². The molecule has 1 aliphatic carbocycles. The van der Waals surface area contributed by atoms with Crippen LogP contribution in [0, 0.1) is 5.92 Å². The van der Waals surface area contributed by atoms with Gasteiger partial charge in [-0.25, -0.2) is 0 Å². The van der Waals surface area contributed by atoms with Gasteiger partial charge in [0, 0.05) is 6.42 Å². The van der Waals surface area contributed by atoms with Crippen LogP contribution in [0.3, 0.4) is 0 Å². The van der Waals surface area contributed by atoms with Crippen molar-refractivity contribution >= 4 is 5.78 Å². The molecule has 2 atom stereocenters. The number of fused-ring (bicyclic) bond motifs is 3. The van der Waals surface area contributed by atoms with Crippen LogP contribution in [0.5, 0.6) is 0 Å². The van der Waals surface area contributed by atoms with Crippen molar-refractivity contribution < 1.29 is 9.53 Å². The van der Waals surface area contributed by atoms with Gasteiger partial charge in [-0.15, -0.1) is 0 Å². The van der Waals surface area contributed by atoms with Crippen molar-refractivity contribution in [1.29, 1.82) is 0 Å². The van der Waals surface area contributed by atoms with Crippen LogP contribution in [0.4, 0.5) is 0 Å². The molecule has 1 saturated carbocycles. The monoisotopic (exact) mass is 196 g/mol. The molecule has 14 heavy (non-hydrogen) atoms. The molecule has 0 amide bonds. The molecule has 0 aromatic carbocycles. The summed E-state index contributed by atoms with van der Waals surface area (Å²) in [5.41, 5.74) is -0.457. The predicted molar refractivity (Wildman–Crippen MR) is 55.2 cm³/mol. The number of ether oxygens (including phenoxy) is 1. The molecule has 0 N–H and O–H groups in total. The van der Waals surface area contributed by atoms with E-state index in [1.54, 1.807) is 0 Å². The van der Waals surface area contributed by atoms with Crippen LogP contribution in [-0.4, -0.2) is 17.0 Å². The highest BCUT2D eigenvalue weighted by Crippen LogP contribution is 2.50. The lowest BCUT2D eigenvalue weighted by Crippen LogP contribution is -2.61. The fraction of sp³-hybridized carbons (Fsp3) is 0.917. The van der Waals surface area contributed by atoms with Gasteiger partial charge in [-0.2, -0.15) is 0 Å². The first kappa shape index (κ1) is 10.2. The Bertz CT molecular complexity index is 255. The quantitative estimate of drug-likeness (QED) is 0.678. The summed E-state index contributed by atoms with van der Waals surface area (Å²) in [5.74, 6) is 0.804. The summed E-state index contributed by atoms with van der Waals surface area (Å²) in [5, 5.41) is 0. The Hall–Kier alpha value is -0.370. The highest BCUT2D eigenvalue weighted by Gasteiger charge is 2.55. The van der Waals surface area contributed by atoms with Crippen LogP contribution >= 0.6 is 0 Å². The van der Waals surface area contributed by atoms with Crippen molar-refractivity contribution in [3.05, 3.63) is 0 Å². The topological polar surface area (TPSA) is 26.3 Å². The molecule has 0 aromatic rings. The fourth-order valence-corrected chi connectivity index (χ4v) is 3.19. The van der Waals surface area contributed by atoms with E-state index in [0.29, 0.717) is 11.7 Å². The molecule has 2 unspecified atom stereocenters. The number of hydrogen-bond acceptors (Lipinski definition) is 2.